The van der Waals surface area contributed by atoms with E-state index in [9.17, 15) is 13.2 Å². The first-order valence-electron chi connectivity index (χ1n) is 9.54. The zero-order valence-corrected chi connectivity index (χ0v) is 16.4. The standard InChI is InChI=1S/C20H30N2O3S/c1-2-3-4-8-14-21-20(23)19-11-15-22(16-12-19)26(24,25)17-13-18-9-6-5-7-10-18/h5-7,9-10,13,17,19H,2-4,8,11-12,14-16H2,1H3,(H,21,23)/b17-13+. The van der Waals surface area contributed by atoms with Gasteiger partial charge < -0.3 is 5.32 Å². The van der Waals surface area contributed by atoms with Gasteiger partial charge in [0.15, 0.2) is 0 Å². The maximum atomic E-state index is 12.4. The quantitative estimate of drug-likeness (QED) is 0.670. The Morgan fingerprint density at radius 1 is 1.15 bits per heavy atom. The number of carbonyl (C=O) groups is 1. The van der Waals surface area contributed by atoms with Gasteiger partial charge in [-0.05, 0) is 30.9 Å². The second-order valence-electron chi connectivity index (χ2n) is 6.78. The maximum Gasteiger partial charge on any atom is 0.236 e. The van der Waals surface area contributed by atoms with Gasteiger partial charge in [-0.25, -0.2) is 8.42 Å². The lowest BCUT2D eigenvalue weighted by Crippen LogP contribution is -2.42. The summed E-state index contributed by atoms with van der Waals surface area (Å²) in [4.78, 5) is 12.2. The topological polar surface area (TPSA) is 66.5 Å². The lowest BCUT2D eigenvalue weighted by molar-refractivity contribution is -0.126. The minimum absolute atomic E-state index is 0.0679. The van der Waals surface area contributed by atoms with E-state index in [2.05, 4.69) is 12.2 Å². The van der Waals surface area contributed by atoms with E-state index in [0.717, 1.165) is 24.9 Å². The molecule has 0 saturated carbocycles. The van der Waals surface area contributed by atoms with E-state index in [1.165, 1.54) is 22.6 Å². The van der Waals surface area contributed by atoms with Crippen LogP contribution in [0.15, 0.2) is 35.7 Å². The molecule has 26 heavy (non-hydrogen) atoms. The molecule has 2 rings (SSSR count). The number of unbranched alkanes of at least 4 members (excludes halogenated alkanes) is 3. The summed E-state index contributed by atoms with van der Waals surface area (Å²) >= 11 is 0. The Balaban J connectivity index is 1.78. The van der Waals surface area contributed by atoms with Crippen LogP contribution in [-0.2, 0) is 14.8 Å². The van der Waals surface area contributed by atoms with Crippen molar-refractivity contribution in [2.75, 3.05) is 19.6 Å². The minimum atomic E-state index is -3.44. The average Bonchev–Trinajstić information content (AvgIpc) is 2.67. The van der Waals surface area contributed by atoms with Crippen LogP contribution < -0.4 is 5.32 Å². The van der Waals surface area contributed by atoms with Gasteiger partial charge in [0, 0.05) is 31.0 Å². The molecule has 0 unspecified atom stereocenters. The van der Waals surface area contributed by atoms with Gasteiger partial charge in [0.1, 0.15) is 0 Å². The summed E-state index contributed by atoms with van der Waals surface area (Å²) in [5, 5.41) is 4.25. The minimum Gasteiger partial charge on any atom is -0.356 e. The van der Waals surface area contributed by atoms with Crippen LogP contribution in [0.1, 0.15) is 51.0 Å². The van der Waals surface area contributed by atoms with Crippen LogP contribution in [-0.4, -0.2) is 38.3 Å². The molecule has 1 amide bonds. The van der Waals surface area contributed by atoms with Crippen molar-refractivity contribution in [3.8, 4) is 0 Å². The van der Waals surface area contributed by atoms with Gasteiger partial charge in [-0.2, -0.15) is 4.31 Å². The fourth-order valence-electron chi connectivity index (χ4n) is 3.09. The number of sulfonamides is 1. The third kappa shape index (κ3) is 6.57. The summed E-state index contributed by atoms with van der Waals surface area (Å²) in [7, 11) is -3.44. The molecule has 0 bridgehead atoms. The van der Waals surface area contributed by atoms with E-state index in [-0.39, 0.29) is 11.8 Å². The number of carbonyl (C=O) groups excluding carboxylic acids is 1. The Labute approximate surface area is 157 Å². The SMILES string of the molecule is CCCCCCNC(=O)C1CCN(S(=O)(=O)/C=C/c2ccccc2)CC1. The zero-order valence-electron chi connectivity index (χ0n) is 15.6. The highest BCUT2D eigenvalue weighted by molar-refractivity contribution is 7.92. The normalized spacial score (nSPS) is 16.8. The molecule has 5 nitrogen and oxygen atoms in total. The van der Waals surface area contributed by atoms with Crippen LogP contribution in [0.5, 0.6) is 0 Å². The molecular weight excluding hydrogens is 348 g/mol. The van der Waals surface area contributed by atoms with Crippen LogP contribution >= 0.6 is 0 Å². The Kier molecular flexibility index (Phi) is 8.32. The molecule has 1 aromatic rings. The van der Waals surface area contributed by atoms with E-state index in [0.29, 0.717) is 25.9 Å². The predicted molar refractivity (Wildman–Crippen MR) is 106 cm³/mol. The van der Waals surface area contributed by atoms with Crippen molar-refractivity contribution in [3.63, 3.8) is 0 Å². The van der Waals surface area contributed by atoms with Gasteiger partial charge in [-0.3, -0.25) is 4.79 Å². The van der Waals surface area contributed by atoms with Gasteiger partial charge >= 0.3 is 0 Å². The van der Waals surface area contributed by atoms with E-state index in [1.807, 2.05) is 30.3 Å². The smallest absolute Gasteiger partial charge is 0.236 e. The number of rotatable bonds is 9. The number of nitrogens with one attached hydrogen (secondary N) is 1. The number of benzene rings is 1. The van der Waals surface area contributed by atoms with Gasteiger partial charge in [0.2, 0.25) is 15.9 Å². The van der Waals surface area contributed by atoms with Crippen molar-refractivity contribution in [3.05, 3.63) is 41.3 Å². The number of nitrogens with zero attached hydrogens (tertiary/aromatic N) is 1. The summed E-state index contributed by atoms with van der Waals surface area (Å²) in [5.41, 5.74) is 0.855. The molecule has 1 aliphatic rings. The van der Waals surface area contributed by atoms with Crippen molar-refractivity contribution in [1.82, 2.24) is 9.62 Å². The van der Waals surface area contributed by atoms with E-state index < -0.39 is 10.0 Å². The van der Waals surface area contributed by atoms with Crippen LogP contribution in [0, 0.1) is 5.92 Å². The summed E-state index contributed by atoms with van der Waals surface area (Å²) < 4.78 is 26.4. The molecule has 1 saturated heterocycles. The Morgan fingerprint density at radius 2 is 1.85 bits per heavy atom. The molecule has 0 spiro atoms. The van der Waals surface area contributed by atoms with E-state index in [1.54, 1.807) is 6.08 Å². The largest absolute Gasteiger partial charge is 0.356 e. The Bertz CT molecular complexity index is 678. The first-order valence-corrected chi connectivity index (χ1v) is 11.0. The molecule has 0 radical (unpaired) electrons. The fraction of sp³-hybridized carbons (Fsp3) is 0.550. The van der Waals surface area contributed by atoms with Crippen LogP contribution in [0.3, 0.4) is 0 Å². The average molecular weight is 379 g/mol. The molecule has 0 atom stereocenters. The van der Waals surface area contributed by atoms with Crippen LogP contribution in [0.2, 0.25) is 0 Å². The zero-order chi connectivity index (χ0) is 18.8. The molecule has 0 aliphatic carbocycles. The van der Waals surface area contributed by atoms with Gasteiger partial charge in [0.25, 0.3) is 0 Å². The summed E-state index contributed by atoms with van der Waals surface area (Å²) in [6, 6.07) is 9.37. The van der Waals surface area contributed by atoms with Crippen LogP contribution in [0.25, 0.3) is 6.08 Å². The molecule has 1 aliphatic heterocycles. The third-order valence-electron chi connectivity index (χ3n) is 4.75. The number of piperidine rings is 1. The Morgan fingerprint density at radius 3 is 2.50 bits per heavy atom. The highest BCUT2D eigenvalue weighted by atomic mass is 32.2. The van der Waals surface area contributed by atoms with Crippen molar-refractivity contribution in [2.24, 2.45) is 5.92 Å². The van der Waals surface area contributed by atoms with Gasteiger partial charge in [-0.15, -0.1) is 0 Å². The molecule has 144 valence electrons. The van der Waals surface area contributed by atoms with Gasteiger partial charge in [0.05, 0.1) is 0 Å². The molecule has 1 fully saturated rings. The van der Waals surface area contributed by atoms with Crippen molar-refractivity contribution in [1.29, 1.82) is 0 Å². The molecule has 1 heterocycles. The lowest BCUT2D eigenvalue weighted by Gasteiger charge is -2.29. The summed E-state index contributed by atoms with van der Waals surface area (Å²) in [6.07, 6.45) is 7.31. The maximum absolute atomic E-state index is 12.4. The molecule has 0 aromatic heterocycles. The number of hydrogen-bond acceptors (Lipinski definition) is 3. The van der Waals surface area contributed by atoms with Crippen molar-refractivity contribution >= 4 is 22.0 Å². The summed E-state index contributed by atoms with van der Waals surface area (Å²) in [5.74, 6) is -0.0101. The third-order valence-corrected chi connectivity index (χ3v) is 6.31. The first-order chi connectivity index (χ1) is 12.5. The number of hydrogen-bond donors (Lipinski definition) is 1. The van der Waals surface area contributed by atoms with E-state index >= 15 is 0 Å². The van der Waals surface area contributed by atoms with Crippen molar-refractivity contribution < 1.29 is 13.2 Å². The molecular formula is C20H30N2O3S. The second-order valence-corrected chi connectivity index (χ2v) is 8.60. The second kappa shape index (κ2) is 10.5. The number of amides is 1. The Hall–Kier alpha value is -1.66. The van der Waals surface area contributed by atoms with Gasteiger partial charge in [-0.1, -0.05) is 56.5 Å². The highest BCUT2D eigenvalue weighted by Crippen LogP contribution is 2.21. The summed E-state index contributed by atoms with van der Waals surface area (Å²) in [6.45, 7) is 3.68. The molecule has 1 N–H and O–H groups in total. The monoisotopic (exact) mass is 378 g/mol. The fourth-order valence-corrected chi connectivity index (χ4v) is 4.32. The molecule has 1 aromatic carbocycles. The predicted octanol–water partition coefficient (Wildman–Crippen LogP) is 3.40. The highest BCUT2D eigenvalue weighted by Gasteiger charge is 2.29. The first kappa shape index (κ1) is 20.6. The lowest BCUT2D eigenvalue weighted by atomic mass is 9.97. The van der Waals surface area contributed by atoms with Crippen molar-refractivity contribution in [2.45, 2.75) is 45.4 Å². The molecule has 6 heteroatoms. The van der Waals surface area contributed by atoms with Crippen LogP contribution in [0.4, 0.5) is 0 Å². The van der Waals surface area contributed by atoms with E-state index in [4.69, 9.17) is 0 Å².